The first-order valence-electron chi connectivity index (χ1n) is 3.88. The number of nitrogens with zero attached hydrogens (tertiary/aromatic N) is 1. The number of benzene rings is 1. The van der Waals surface area contributed by atoms with Gasteiger partial charge in [-0.25, -0.2) is 0 Å². The summed E-state index contributed by atoms with van der Waals surface area (Å²) in [6.07, 6.45) is -2.84. The summed E-state index contributed by atoms with van der Waals surface area (Å²) in [5.74, 6) is 0. The van der Waals surface area contributed by atoms with Crippen molar-refractivity contribution in [3.8, 4) is 0 Å². The van der Waals surface area contributed by atoms with Gasteiger partial charge in [0.05, 0.1) is 12.1 Å². The van der Waals surface area contributed by atoms with E-state index in [-0.39, 0.29) is 12.1 Å². The predicted octanol–water partition coefficient (Wildman–Crippen LogP) is 3.40. The van der Waals surface area contributed by atoms with E-state index in [2.05, 4.69) is 20.9 Å². The maximum Gasteiger partial charge on any atom is 0.416 e. The summed E-state index contributed by atoms with van der Waals surface area (Å²) in [4.78, 5) is 3.82. The fourth-order valence-electron chi connectivity index (χ4n) is 1.44. The third-order valence-electron chi connectivity index (χ3n) is 2.03. The lowest BCUT2D eigenvalue weighted by Crippen LogP contribution is -2.09. The highest BCUT2D eigenvalue weighted by molar-refractivity contribution is 9.10. The summed E-state index contributed by atoms with van der Waals surface area (Å²) in [5, 5.41) is 0. The van der Waals surface area contributed by atoms with Crippen molar-refractivity contribution in [2.24, 2.45) is 4.99 Å². The van der Waals surface area contributed by atoms with Gasteiger partial charge in [-0.2, -0.15) is 13.2 Å². The minimum atomic E-state index is -4.30. The molecule has 1 aliphatic rings. The maximum absolute atomic E-state index is 12.5. The maximum atomic E-state index is 12.5. The molecule has 0 saturated carbocycles. The van der Waals surface area contributed by atoms with E-state index >= 15 is 0 Å². The van der Waals surface area contributed by atoms with Crippen molar-refractivity contribution in [3.05, 3.63) is 33.3 Å². The minimum absolute atomic E-state index is 0.122. The summed E-state index contributed by atoms with van der Waals surface area (Å²) in [6.45, 7) is 0.122. The van der Waals surface area contributed by atoms with Gasteiger partial charge in [-0.15, -0.1) is 0 Å². The van der Waals surface area contributed by atoms with Gasteiger partial charge in [0.1, 0.15) is 0 Å². The fraction of sp³-hybridized carbons (Fsp3) is 0.222. The summed E-state index contributed by atoms with van der Waals surface area (Å²) in [6, 6.07) is 2.73. The van der Waals surface area contributed by atoms with Crippen LogP contribution >= 0.6 is 15.9 Å². The van der Waals surface area contributed by atoms with Gasteiger partial charge < -0.3 is 0 Å². The molecule has 0 aromatic heterocycles. The second-order valence-corrected chi connectivity index (χ2v) is 3.90. The van der Waals surface area contributed by atoms with Crippen molar-refractivity contribution in [1.29, 1.82) is 0 Å². The van der Waals surface area contributed by atoms with Crippen molar-refractivity contribution in [3.63, 3.8) is 0 Å². The second kappa shape index (κ2) is 3.08. The van der Waals surface area contributed by atoms with Crippen LogP contribution in [-0.2, 0) is 12.7 Å². The zero-order chi connectivity index (χ0) is 10.3. The molecule has 1 aromatic carbocycles. The molecule has 1 aromatic rings. The highest BCUT2D eigenvalue weighted by Crippen LogP contribution is 2.36. The Balaban J connectivity index is 2.63. The van der Waals surface area contributed by atoms with Crippen LogP contribution in [0, 0.1) is 0 Å². The second-order valence-electron chi connectivity index (χ2n) is 2.99. The van der Waals surface area contributed by atoms with Gasteiger partial charge >= 0.3 is 6.18 Å². The molecule has 0 aliphatic carbocycles. The van der Waals surface area contributed by atoms with Crippen LogP contribution in [0.4, 0.5) is 13.2 Å². The monoisotopic (exact) mass is 263 g/mol. The number of hydrogen-bond acceptors (Lipinski definition) is 1. The smallest absolute Gasteiger partial charge is 0.288 e. The van der Waals surface area contributed by atoms with Crippen molar-refractivity contribution in [2.75, 3.05) is 0 Å². The quantitative estimate of drug-likeness (QED) is 0.681. The number of alkyl halides is 3. The van der Waals surface area contributed by atoms with Gasteiger partial charge in [-0.1, -0.05) is 15.9 Å². The van der Waals surface area contributed by atoms with Crippen LogP contribution in [0.5, 0.6) is 0 Å². The number of aliphatic imine (C=N–C) groups is 1. The van der Waals surface area contributed by atoms with E-state index < -0.39 is 11.7 Å². The van der Waals surface area contributed by atoms with Crippen LogP contribution in [0.25, 0.3) is 0 Å². The number of halogens is 4. The first kappa shape index (κ1) is 9.71. The van der Waals surface area contributed by atoms with E-state index in [1.165, 1.54) is 6.21 Å². The Morgan fingerprint density at radius 2 is 2.00 bits per heavy atom. The third-order valence-corrected chi connectivity index (χ3v) is 2.49. The zero-order valence-electron chi connectivity index (χ0n) is 6.90. The first-order valence-corrected chi connectivity index (χ1v) is 4.67. The van der Waals surface area contributed by atoms with Crippen molar-refractivity contribution < 1.29 is 13.2 Å². The van der Waals surface area contributed by atoms with E-state index in [9.17, 15) is 13.2 Å². The summed E-state index contributed by atoms with van der Waals surface area (Å²) in [7, 11) is 0. The highest BCUT2D eigenvalue weighted by atomic mass is 79.9. The Bertz CT molecular complexity index is 409. The summed E-state index contributed by atoms with van der Waals surface area (Å²) < 4.78 is 38.1. The molecule has 1 nitrogen and oxygen atoms in total. The average Bonchev–Trinajstić information content (AvgIpc) is 2.47. The molecule has 74 valence electrons. The lowest BCUT2D eigenvalue weighted by molar-refractivity contribution is -0.138. The van der Waals surface area contributed by atoms with Crippen LogP contribution < -0.4 is 0 Å². The van der Waals surface area contributed by atoms with Gasteiger partial charge in [-0.3, -0.25) is 4.99 Å². The Hall–Kier alpha value is -0.840. The Labute approximate surface area is 86.8 Å². The largest absolute Gasteiger partial charge is 0.416 e. The Morgan fingerprint density at radius 3 is 2.64 bits per heavy atom. The van der Waals surface area contributed by atoms with Gasteiger partial charge in [0.25, 0.3) is 0 Å². The Morgan fingerprint density at radius 1 is 1.29 bits per heavy atom. The average molecular weight is 264 g/mol. The molecule has 1 aliphatic heterocycles. The predicted molar refractivity (Wildman–Crippen MR) is 50.4 cm³/mol. The molecule has 0 radical (unpaired) electrons. The van der Waals surface area contributed by atoms with Crippen molar-refractivity contribution in [1.82, 2.24) is 0 Å². The fourth-order valence-corrected chi connectivity index (χ4v) is 1.91. The molecule has 1 heterocycles. The topological polar surface area (TPSA) is 12.4 Å². The van der Waals surface area contributed by atoms with Crippen LogP contribution in [0.1, 0.15) is 16.7 Å². The van der Waals surface area contributed by atoms with Crippen molar-refractivity contribution in [2.45, 2.75) is 12.7 Å². The third kappa shape index (κ3) is 1.56. The normalized spacial score (nSPS) is 14.6. The summed E-state index contributed by atoms with van der Waals surface area (Å²) in [5.41, 5.74) is 0.215. The van der Waals surface area contributed by atoms with Crippen LogP contribution in [0.3, 0.4) is 0 Å². The lowest BCUT2D eigenvalue weighted by Gasteiger charge is -2.11. The standard InChI is InChI=1S/C9H5BrF3N/c10-6-1-5-3-14-4-7(5)8(2-6)9(11,12)13/h1-3H,4H2. The molecule has 0 atom stereocenters. The molecule has 0 saturated heterocycles. The van der Waals surface area contributed by atoms with Gasteiger partial charge in [0, 0.05) is 10.7 Å². The molecule has 0 N–H and O–H groups in total. The zero-order valence-corrected chi connectivity index (χ0v) is 8.48. The van der Waals surface area contributed by atoms with Crippen LogP contribution in [0.15, 0.2) is 21.6 Å². The molecule has 0 spiro atoms. The van der Waals surface area contributed by atoms with E-state index in [0.717, 1.165) is 6.07 Å². The minimum Gasteiger partial charge on any atom is -0.288 e. The molecular weight excluding hydrogens is 259 g/mol. The Kier molecular flexibility index (Phi) is 2.14. The molecule has 0 fully saturated rings. The van der Waals surface area contributed by atoms with E-state index in [1.54, 1.807) is 6.07 Å². The van der Waals surface area contributed by atoms with E-state index in [4.69, 9.17) is 0 Å². The van der Waals surface area contributed by atoms with Crippen LogP contribution in [-0.4, -0.2) is 6.21 Å². The lowest BCUT2D eigenvalue weighted by atomic mass is 10.0. The SMILES string of the molecule is FC(F)(F)c1cc(Br)cc2c1CN=C2. The molecule has 0 unspecified atom stereocenters. The molecular formula is C9H5BrF3N. The molecule has 0 amide bonds. The summed E-state index contributed by atoms with van der Waals surface area (Å²) >= 11 is 3.05. The molecule has 14 heavy (non-hydrogen) atoms. The van der Waals surface area contributed by atoms with E-state index in [1.807, 2.05) is 0 Å². The molecule has 2 rings (SSSR count). The number of rotatable bonds is 0. The number of fused-ring (bicyclic) bond motifs is 1. The van der Waals surface area contributed by atoms with Crippen LogP contribution in [0.2, 0.25) is 0 Å². The van der Waals surface area contributed by atoms with E-state index in [0.29, 0.717) is 10.0 Å². The van der Waals surface area contributed by atoms with Gasteiger partial charge in [-0.05, 0) is 23.3 Å². The van der Waals surface area contributed by atoms with Gasteiger partial charge in [0.2, 0.25) is 0 Å². The molecule has 0 bridgehead atoms. The number of hydrogen-bond donors (Lipinski definition) is 0. The van der Waals surface area contributed by atoms with Gasteiger partial charge in [0.15, 0.2) is 0 Å². The molecule has 5 heteroatoms. The van der Waals surface area contributed by atoms with Crippen molar-refractivity contribution >= 4 is 22.1 Å². The highest BCUT2D eigenvalue weighted by Gasteiger charge is 2.35. The first-order chi connectivity index (χ1) is 6.48.